The maximum atomic E-state index is 13.0. The van der Waals surface area contributed by atoms with Crippen LogP contribution in [0.2, 0.25) is 0 Å². The zero-order chi connectivity index (χ0) is 29.7. The Morgan fingerprint density at radius 3 is 2.52 bits per heavy atom. The number of carbonyl (C=O) groups excluding carboxylic acids is 2. The lowest BCUT2D eigenvalue weighted by atomic mass is 9.74. The molecule has 1 saturated heterocycles. The molecule has 0 saturated carbocycles. The first-order valence-corrected chi connectivity index (χ1v) is 14.9. The van der Waals surface area contributed by atoms with Crippen molar-refractivity contribution in [2.24, 2.45) is 28.9 Å². The van der Waals surface area contributed by atoms with E-state index < -0.39 is 17.6 Å². The molecule has 1 aromatic rings. The molecule has 228 valence electrons. The van der Waals surface area contributed by atoms with E-state index in [0.29, 0.717) is 37.5 Å². The number of aliphatic hydroxyl groups excluding tert-OH is 1. The Hall–Kier alpha value is -2.20. The van der Waals surface area contributed by atoms with Crippen LogP contribution in [0.5, 0.6) is 5.75 Å². The van der Waals surface area contributed by atoms with Gasteiger partial charge in [0.15, 0.2) is 0 Å². The number of rotatable bonds is 17. The number of nitrogens with one attached hydrogen (secondary N) is 2. The van der Waals surface area contributed by atoms with Crippen LogP contribution in [0.1, 0.15) is 70.2 Å². The van der Waals surface area contributed by atoms with Crippen molar-refractivity contribution in [1.82, 2.24) is 15.5 Å². The molecule has 9 nitrogen and oxygen atoms in total. The molecule has 1 aliphatic heterocycles. The summed E-state index contributed by atoms with van der Waals surface area (Å²) in [6.07, 6.45) is 3.50. The van der Waals surface area contributed by atoms with E-state index in [2.05, 4.69) is 36.4 Å². The number of piperidine rings is 1. The summed E-state index contributed by atoms with van der Waals surface area (Å²) in [5.74, 6) is 0.881. The highest BCUT2D eigenvalue weighted by molar-refractivity contribution is 5.96. The maximum absolute atomic E-state index is 13.0. The Balaban J connectivity index is 1.86. The number of carbonyl (C=O) groups is 2. The molecule has 0 radical (unpaired) electrons. The van der Waals surface area contributed by atoms with Gasteiger partial charge in [0, 0.05) is 44.8 Å². The van der Waals surface area contributed by atoms with Crippen molar-refractivity contribution >= 4 is 11.8 Å². The number of methoxy groups -OCH3 is 1. The molecule has 1 aliphatic rings. The van der Waals surface area contributed by atoms with Crippen LogP contribution in [0.3, 0.4) is 0 Å². The van der Waals surface area contributed by atoms with Gasteiger partial charge in [-0.1, -0.05) is 39.8 Å². The number of benzene rings is 1. The van der Waals surface area contributed by atoms with Gasteiger partial charge in [0.25, 0.3) is 5.91 Å². The van der Waals surface area contributed by atoms with Gasteiger partial charge in [-0.05, 0) is 75.6 Å². The third kappa shape index (κ3) is 10.7. The Bertz CT molecular complexity index is 909. The minimum atomic E-state index is -0.877. The summed E-state index contributed by atoms with van der Waals surface area (Å²) in [7, 11) is 3.77. The highest BCUT2D eigenvalue weighted by Gasteiger charge is 2.38. The summed E-state index contributed by atoms with van der Waals surface area (Å²) in [6, 6.07) is 6.71. The van der Waals surface area contributed by atoms with Gasteiger partial charge in [-0.25, -0.2) is 0 Å². The van der Waals surface area contributed by atoms with Crippen molar-refractivity contribution in [2.45, 2.75) is 71.9 Å². The van der Waals surface area contributed by atoms with Crippen molar-refractivity contribution in [1.29, 1.82) is 0 Å². The summed E-state index contributed by atoms with van der Waals surface area (Å²) in [6.45, 7) is 11.8. The topological polar surface area (TPSA) is 126 Å². The summed E-state index contributed by atoms with van der Waals surface area (Å²) < 4.78 is 10.9. The van der Waals surface area contributed by atoms with Crippen LogP contribution in [0.15, 0.2) is 24.3 Å². The van der Waals surface area contributed by atoms with Crippen LogP contribution in [0.4, 0.5) is 0 Å². The summed E-state index contributed by atoms with van der Waals surface area (Å²) >= 11 is 0. The molecule has 40 heavy (non-hydrogen) atoms. The Morgan fingerprint density at radius 1 is 1.15 bits per heavy atom. The first-order valence-electron chi connectivity index (χ1n) is 14.9. The molecule has 0 aromatic heterocycles. The van der Waals surface area contributed by atoms with Crippen molar-refractivity contribution in [3.05, 3.63) is 29.8 Å². The molecule has 4 atom stereocenters. The highest BCUT2D eigenvalue weighted by atomic mass is 16.5. The summed E-state index contributed by atoms with van der Waals surface area (Å²) in [4.78, 5) is 28.3. The van der Waals surface area contributed by atoms with Crippen molar-refractivity contribution in [2.75, 3.05) is 53.6 Å². The molecule has 0 aliphatic carbocycles. The lowest BCUT2D eigenvalue weighted by Crippen LogP contribution is -2.51. The number of likely N-dealkylation sites (tertiary alicyclic amines) is 1. The molecular weight excluding hydrogens is 508 g/mol. The molecular formula is C31H54N4O5. The van der Waals surface area contributed by atoms with Gasteiger partial charge in [-0.2, -0.15) is 0 Å². The van der Waals surface area contributed by atoms with E-state index in [0.717, 1.165) is 38.8 Å². The number of hydrogen-bond acceptors (Lipinski definition) is 7. The van der Waals surface area contributed by atoms with Gasteiger partial charge in [-0.15, -0.1) is 0 Å². The van der Waals surface area contributed by atoms with E-state index in [-0.39, 0.29) is 36.1 Å². The minimum Gasteiger partial charge on any atom is -0.493 e. The van der Waals surface area contributed by atoms with Gasteiger partial charge < -0.3 is 35.8 Å². The first-order chi connectivity index (χ1) is 19.0. The zero-order valence-corrected chi connectivity index (χ0v) is 25.6. The van der Waals surface area contributed by atoms with E-state index in [4.69, 9.17) is 15.2 Å². The Labute approximate surface area is 241 Å². The summed E-state index contributed by atoms with van der Waals surface area (Å²) in [5, 5.41) is 16.8. The fraction of sp³-hybridized carbons (Fsp3) is 0.742. The average Bonchev–Trinajstić information content (AvgIpc) is 2.93. The first kappa shape index (κ1) is 34.0. The number of hydrogen-bond donors (Lipinski definition) is 4. The fourth-order valence-electron chi connectivity index (χ4n) is 5.24. The van der Waals surface area contributed by atoms with E-state index in [9.17, 15) is 14.7 Å². The standard InChI is InChI=1S/C31H54N4O5/c1-22(2)23(19-33-29(37)25-13-7-8-14-28(25)40-17-10-9-16-39-6)18-26(32)27(36)20-34-30(38)31(3,4)24-12-11-15-35(5)21-24/h7-8,13-14,22-24,26-27,36H,9-12,15-21,32H2,1-6H3,(H,33,37)(H,34,38)/t23-,24+,26+,27+/m1/s1. The number of ether oxygens (including phenoxy) is 2. The van der Waals surface area contributed by atoms with Gasteiger partial charge in [0.1, 0.15) is 5.75 Å². The second-order valence-electron chi connectivity index (χ2n) is 12.3. The van der Waals surface area contributed by atoms with Gasteiger partial charge in [-0.3, -0.25) is 9.59 Å². The largest absolute Gasteiger partial charge is 0.493 e. The SMILES string of the molecule is COCCCCOc1ccccc1C(=O)NC[C@@H](C[C@H](N)[C@@H](O)CNC(=O)C(C)(C)[C@H]1CCCN(C)C1)C(C)C. The number of para-hydroxylation sites is 1. The number of unbranched alkanes of at least 4 members (excludes halogenated alkanes) is 1. The van der Waals surface area contributed by atoms with Crippen LogP contribution in [-0.2, 0) is 9.53 Å². The van der Waals surface area contributed by atoms with Gasteiger partial charge >= 0.3 is 0 Å². The van der Waals surface area contributed by atoms with Crippen LogP contribution < -0.4 is 21.1 Å². The van der Waals surface area contributed by atoms with Crippen LogP contribution >= 0.6 is 0 Å². The van der Waals surface area contributed by atoms with Crippen LogP contribution in [0.25, 0.3) is 0 Å². The number of amides is 2. The van der Waals surface area contributed by atoms with Crippen molar-refractivity contribution in [3.8, 4) is 5.75 Å². The Morgan fingerprint density at radius 2 is 1.85 bits per heavy atom. The predicted molar refractivity (Wildman–Crippen MR) is 159 cm³/mol. The second kappa shape index (κ2) is 16.9. The second-order valence-corrected chi connectivity index (χ2v) is 12.3. The van der Waals surface area contributed by atoms with E-state index in [1.165, 1.54) is 0 Å². The van der Waals surface area contributed by atoms with Crippen molar-refractivity contribution in [3.63, 3.8) is 0 Å². The van der Waals surface area contributed by atoms with Crippen LogP contribution in [-0.4, -0.2) is 87.5 Å². The third-order valence-electron chi connectivity index (χ3n) is 8.37. The van der Waals surface area contributed by atoms with Gasteiger partial charge in [0.2, 0.25) is 5.91 Å². The van der Waals surface area contributed by atoms with E-state index in [1.54, 1.807) is 19.2 Å². The normalized spacial score (nSPS) is 18.7. The third-order valence-corrected chi connectivity index (χ3v) is 8.37. The zero-order valence-electron chi connectivity index (χ0n) is 25.6. The lowest BCUT2D eigenvalue weighted by molar-refractivity contribution is -0.133. The molecule has 0 bridgehead atoms. The monoisotopic (exact) mass is 562 g/mol. The maximum Gasteiger partial charge on any atom is 0.255 e. The molecule has 1 fully saturated rings. The smallest absolute Gasteiger partial charge is 0.255 e. The van der Waals surface area contributed by atoms with E-state index in [1.807, 2.05) is 26.0 Å². The molecule has 2 amide bonds. The lowest BCUT2D eigenvalue weighted by Gasteiger charge is -2.39. The molecule has 0 spiro atoms. The number of aliphatic hydroxyl groups is 1. The molecule has 9 heteroatoms. The molecule has 1 heterocycles. The Kier molecular flexibility index (Phi) is 14.4. The average molecular weight is 563 g/mol. The van der Waals surface area contributed by atoms with Crippen molar-refractivity contribution < 1.29 is 24.2 Å². The molecule has 5 N–H and O–H groups in total. The predicted octanol–water partition coefficient (Wildman–Crippen LogP) is 3.06. The highest BCUT2D eigenvalue weighted by Crippen LogP contribution is 2.33. The van der Waals surface area contributed by atoms with Gasteiger partial charge in [0.05, 0.1) is 18.3 Å². The molecule has 0 unspecified atom stereocenters. The minimum absolute atomic E-state index is 0.0497. The molecule has 2 rings (SSSR count). The van der Waals surface area contributed by atoms with E-state index >= 15 is 0 Å². The van der Waals surface area contributed by atoms with Crippen LogP contribution in [0, 0.1) is 23.2 Å². The number of nitrogens with zero attached hydrogens (tertiary/aromatic N) is 1. The summed E-state index contributed by atoms with van der Waals surface area (Å²) in [5.41, 5.74) is 6.37. The number of nitrogens with two attached hydrogens (primary N) is 1. The quantitative estimate of drug-likeness (QED) is 0.215. The fourth-order valence-corrected chi connectivity index (χ4v) is 5.24. The molecule has 1 aromatic carbocycles.